The minimum atomic E-state index is -0.899. The number of rotatable bonds is 2. The van der Waals surface area contributed by atoms with Crippen molar-refractivity contribution in [1.82, 2.24) is 0 Å². The van der Waals surface area contributed by atoms with Crippen LogP contribution in [-0.4, -0.2) is 22.4 Å². The number of benzene rings is 1. The molecular formula is C11H9NO2S. The first kappa shape index (κ1) is 9.98. The highest BCUT2D eigenvalue weighted by molar-refractivity contribution is 8.12. The topological polar surface area (TPSA) is 49.7 Å². The lowest BCUT2D eigenvalue weighted by Gasteiger charge is -1.97. The van der Waals surface area contributed by atoms with E-state index in [2.05, 4.69) is 4.99 Å². The molecule has 0 saturated carbocycles. The van der Waals surface area contributed by atoms with Gasteiger partial charge in [0.1, 0.15) is 0 Å². The number of carboxylic acid groups (broad SMARTS) is 1. The zero-order valence-corrected chi connectivity index (χ0v) is 8.70. The van der Waals surface area contributed by atoms with Crippen molar-refractivity contribution in [3.05, 3.63) is 41.1 Å². The van der Waals surface area contributed by atoms with Crippen LogP contribution in [0.5, 0.6) is 0 Å². The van der Waals surface area contributed by atoms with Gasteiger partial charge >= 0.3 is 5.97 Å². The van der Waals surface area contributed by atoms with Crippen molar-refractivity contribution in [2.45, 2.75) is 0 Å². The highest BCUT2D eigenvalue weighted by Gasteiger charge is 2.03. The fraction of sp³-hybridized carbons (Fsp3) is 0.0909. The van der Waals surface area contributed by atoms with Crippen LogP contribution in [0.25, 0.3) is 6.08 Å². The van der Waals surface area contributed by atoms with Gasteiger partial charge in [-0.05, 0) is 23.8 Å². The van der Waals surface area contributed by atoms with E-state index in [0.29, 0.717) is 5.56 Å². The number of hydrogen-bond donors (Lipinski definition) is 1. The smallest absolute Gasteiger partial charge is 0.335 e. The third kappa shape index (κ3) is 2.47. The minimum absolute atomic E-state index is 0.307. The van der Waals surface area contributed by atoms with Crippen LogP contribution >= 0.6 is 11.8 Å². The molecule has 0 aromatic heterocycles. The van der Waals surface area contributed by atoms with Gasteiger partial charge in [-0.1, -0.05) is 12.1 Å². The number of carboxylic acids is 1. The molecule has 0 bridgehead atoms. The van der Waals surface area contributed by atoms with Gasteiger partial charge in [-0.15, -0.1) is 11.8 Å². The number of carbonyl (C=O) groups is 1. The Kier molecular flexibility index (Phi) is 2.87. The first-order valence-electron chi connectivity index (χ1n) is 4.44. The maximum atomic E-state index is 10.6. The highest BCUT2D eigenvalue weighted by Crippen LogP contribution is 2.18. The number of hydrogen-bond acceptors (Lipinski definition) is 3. The Morgan fingerprint density at radius 2 is 2.13 bits per heavy atom. The van der Waals surface area contributed by atoms with E-state index in [0.717, 1.165) is 17.0 Å². The van der Waals surface area contributed by atoms with Gasteiger partial charge in [0.25, 0.3) is 0 Å². The van der Waals surface area contributed by atoms with Crippen LogP contribution in [-0.2, 0) is 0 Å². The Hall–Kier alpha value is -1.55. The fourth-order valence-corrected chi connectivity index (χ4v) is 1.87. The second-order valence-corrected chi connectivity index (χ2v) is 3.94. The summed E-state index contributed by atoms with van der Waals surface area (Å²) in [6, 6.07) is 6.77. The Morgan fingerprint density at radius 3 is 2.67 bits per heavy atom. The summed E-state index contributed by atoms with van der Waals surface area (Å²) in [7, 11) is 0. The molecule has 0 aliphatic carbocycles. The third-order valence-electron chi connectivity index (χ3n) is 2.02. The Balaban J connectivity index is 2.20. The van der Waals surface area contributed by atoms with Gasteiger partial charge < -0.3 is 5.11 Å². The van der Waals surface area contributed by atoms with Crippen LogP contribution in [0.15, 0.2) is 35.0 Å². The largest absolute Gasteiger partial charge is 0.478 e. The molecule has 0 atom stereocenters. The van der Waals surface area contributed by atoms with Gasteiger partial charge in [-0.25, -0.2) is 4.79 Å². The summed E-state index contributed by atoms with van der Waals surface area (Å²) < 4.78 is 0. The van der Waals surface area contributed by atoms with E-state index in [1.807, 2.05) is 11.6 Å². The normalized spacial score (nSPS) is 17.2. The molecule has 3 nitrogen and oxygen atoms in total. The Labute approximate surface area is 91.5 Å². The third-order valence-corrected chi connectivity index (χ3v) is 2.73. The maximum Gasteiger partial charge on any atom is 0.335 e. The van der Waals surface area contributed by atoms with Crippen molar-refractivity contribution in [2.24, 2.45) is 4.99 Å². The Morgan fingerprint density at radius 1 is 1.40 bits per heavy atom. The van der Waals surface area contributed by atoms with Crippen molar-refractivity contribution in [2.75, 3.05) is 5.75 Å². The summed E-state index contributed by atoms with van der Waals surface area (Å²) in [5, 5.41) is 8.72. The summed E-state index contributed by atoms with van der Waals surface area (Å²) in [6.07, 6.45) is 1.96. The number of aromatic carboxylic acids is 1. The molecule has 0 saturated heterocycles. The SMILES string of the molecule is O=C(O)c1ccc(C=C2CSC=N2)cc1. The second kappa shape index (κ2) is 4.31. The standard InChI is InChI=1S/C11H9NO2S/c13-11(14)9-3-1-8(2-4-9)5-10-6-15-7-12-10/h1-5,7H,6H2,(H,13,14). The van der Waals surface area contributed by atoms with Crippen LogP contribution in [0, 0.1) is 0 Å². The van der Waals surface area contributed by atoms with Gasteiger partial charge in [0.15, 0.2) is 0 Å². The molecule has 1 aromatic carbocycles. The molecule has 0 unspecified atom stereocenters. The molecule has 15 heavy (non-hydrogen) atoms. The lowest BCUT2D eigenvalue weighted by atomic mass is 10.1. The summed E-state index contributed by atoms with van der Waals surface area (Å²) in [5.41, 5.74) is 4.12. The van der Waals surface area contributed by atoms with Crippen LogP contribution in [0.1, 0.15) is 15.9 Å². The fourth-order valence-electron chi connectivity index (χ4n) is 1.26. The zero-order valence-electron chi connectivity index (χ0n) is 7.88. The average molecular weight is 219 g/mol. The lowest BCUT2D eigenvalue weighted by molar-refractivity contribution is 0.0697. The molecule has 0 fully saturated rings. The predicted octanol–water partition coefficient (Wildman–Crippen LogP) is 2.50. The number of nitrogens with zero attached hydrogens (tertiary/aromatic N) is 1. The quantitative estimate of drug-likeness (QED) is 0.831. The molecule has 76 valence electrons. The van der Waals surface area contributed by atoms with E-state index in [1.165, 1.54) is 0 Å². The number of thioether (sulfide) groups is 1. The minimum Gasteiger partial charge on any atom is -0.478 e. The summed E-state index contributed by atoms with van der Waals surface area (Å²) in [5.74, 6) is -0.00984. The van der Waals surface area contributed by atoms with Crippen LogP contribution in [0.3, 0.4) is 0 Å². The monoisotopic (exact) mass is 219 g/mol. The molecule has 2 rings (SSSR count). The molecular weight excluding hydrogens is 210 g/mol. The predicted molar refractivity (Wildman–Crippen MR) is 62.3 cm³/mol. The molecule has 1 aliphatic heterocycles. The van der Waals surface area contributed by atoms with E-state index in [1.54, 1.807) is 36.0 Å². The molecule has 0 amide bonds. The Bertz CT molecular complexity index is 434. The molecule has 1 aromatic rings. The van der Waals surface area contributed by atoms with E-state index in [-0.39, 0.29) is 0 Å². The van der Waals surface area contributed by atoms with Crippen molar-refractivity contribution in [1.29, 1.82) is 0 Å². The van der Waals surface area contributed by atoms with Crippen LogP contribution < -0.4 is 0 Å². The number of aliphatic imine (C=N–C) groups is 1. The van der Waals surface area contributed by atoms with Crippen LogP contribution in [0.4, 0.5) is 0 Å². The maximum absolute atomic E-state index is 10.6. The van der Waals surface area contributed by atoms with Gasteiger partial charge in [0.2, 0.25) is 0 Å². The van der Waals surface area contributed by atoms with Crippen molar-refractivity contribution in [3.8, 4) is 0 Å². The summed E-state index contributed by atoms with van der Waals surface area (Å²) in [4.78, 5) is 14.8. The van der Waals surface area contributed by atoms with Crippen molar-refractivity contribution < 1.29 is 9.90 Å². The lowest BCUT2D eigenvalue weighted by Crippen LogP contribution is -1.94. The van der Waals surface area contributed by atoms with E-state index >= 15 is 0 Å². The zero-order chi connectivity index (χ0) is 10.7. The first-order valence-corrected chi connectivity index (χ1v) is 5.48. The van der Waals surface area contributed by atoms with Gasteiger partial charge in [0, 0.05) is 5.75 Å². The van der Waals surface area contributed by atoms with Gasteiger partial charge in [0.05, 0.1) is 16.8 Å². The molecule has 1 N–H and O–H groups in total. The molecule has 1 aliphatic rings. The van der Waals surface area contributed by atoms with E-state index in [4.69, 9.17) is 5.11 Å². The van der Waals surface area contributed by atoms with Crippen LogP contribution in [0.2, 0.25) is 0 Å². The highest BCUT2D eigenvalue weighted by atomic mass is 32.2. The van der Waals surface area contributed by atoms with E-state index in [9.17, 15) is 4.79 Å². The molecule has 4 heteroatoms. The summed E-state index contributed by atoms with van der Waals surface area (Å²) >= 11 is 1.66. The van der Waals surface area contributed by atoms with Gasteiger partial charge in [-0.3, -0.25) is 4.99 Å². The summed E-state index contributed by atoms with van der Waals surface area (Å²) in [6.45, 7) is 0. The average Bonchev–Trinajstić information content (AvgIpc) is 2.71. The van der Waals surface area contributed by atoms with E-state index < -0.39 is 5.97 Å². The molecule has 1 heterocycles. The van der Waals surface area contributed by atoms with Crippen molar-refractivity contribution >= 4 is 29.4 Å². The molecule has 0 radical (unpaired) electrons. The van der Waals surface area contributed by atoms with Crippen molar-refractivity contribution in [3.63, 3.8) is 0 Å². The first-order chi connectivity index (χ1) is 7.25. The van der Waals surface area contributed by atoms with Gasteiger partial charge in [-0.2, -0.15) is 0 Å². The second-order valence-electron chi connectivity index (χ2n) is 3.11. The molecule has 0 spiro atoms.